The van der Waals surface area contributed by atoms with Crippen LogP contribution in [0.15, 0.2) is 0 Å². The van der Waals surface area contributed by atoms with Gasteiger partial charge in [0.05, 0.1) is 0 Å². The zero-order valence-corrected chi connectivity index (χ0v) is 12.3. The van der Waals surface area contributed by atoms with Crippen LogP contribution >= 0.6 is 0 Å². The highest BCUT2D eigenvalue weighted by atomic mass is 15.2. The van der Waals surface area contributed by atoms with Gasteiger partial charge in [-0.15, -0.1) is 0 Å². The summed E-state index contributed by atoms with van der Waals surface area (Å²) in [6.07, 6.45) is 6.91. The third-order valence-electron chi connectivity index (χ3n) is 5.02. The average Bonchev–Trinajstić information content (AvgIpc) is 2.52. The highest BCUT2D eigenvalue weighted by Crippen LogP contribution is 2.30. The minimum atomic E-state index is 0.706. The number of hydrogen-bond donors (Lipinski definition) is 1. The van der Waals surface area contributed by atoms with Crippen molar-refractivity contribution in [3.8, 4) is 0 Å². The Morgan fingerprint density at radius 1 is 1.06 bits per heavy atom. The van der Waals surface area contributed by atoms with E-state index in [1.54, 1.807) is 0 Å². The molecule has 2 N–H and O–H groups in total. The predicted octanol–water partition coefficient (Wildman–Crippen LogP) is 1.78. The molecule has 0 spiro atoms. The summed E-state index contributed by atoms with van der Waals surface area (Å²) in [7, 11) is 2.25. The van der Waals surface area contributed by atoms with Gasteiger partial charge in [0.1, 0.15) is 0 Å². The molecule has 2 aliphatic rings. The number of hydrogen-bond acceptors (Lipinski definition) is 3. The lowest BCUT2D eigenvalue weighted by Gasteiger charge is -2.37. The van der Waals surface area contributed by atoms with E-state index in [-0.39, 0.29) is 0 Å². The van der Waals surface area contributed by atoms with E-state index in [9.17, 15) is 0 Å². The Bertz CT molecular complexity index is 244. The molecule has 3 unspecified atom stereocenters. The Balaban J connectivity index is 1.90. The van der Waals surface area contributed by atoms with Crippen molar-refractivity contribution < 1.29 is 0 Å². The van der Waals surface area contributed by atoms with E-state index in [4.69, 9.17) is 5.73 Å². The molecule has 18 heavy (non-hydrogen) atoms. The topological polar surface area (TPSA) is 32.5 Å². The molecule has 2 fully saturated rings. The number of likely N-dealkylation sites (N-methyl/N-ethyl adjacent to an activating group) is 1. The van der Waals surface area contributed by atoms with Crippen molar-refractivity contribution in [1.29, 1.82) is 0 Å². The highest BCUT2D eigenvalue weighted by molar-refractivity contribution is 4.82. The first-order chi connectivity index (χ1) is 8.70. The van der Waals surface area contributed by atoms with Gasteiger partial charge in [0.15, 0.2) is 0 Å². The summed E-state index contributed by atoms with van der Waals surface area (Å²) in [5.41, 5.74) is 5.96. The molecule has 0 aromatic rings. The normalized spacial score (nSPS) is 36.5. The van der Waals surface area contributed by atoms with Crippen molar-refractivity contribution in [2.75, 3.05) is 39.8 Å². The van der Waals surface area contributed by atoms with Gasteiger partial charge in [-0.2, -0.15) is 0 Å². The predicted molar refractivity (Wildman–Crippen MR) is 77.7 cm³/mol. The largest absolute Gasteiger partial charge is 0.330 e. The summed E-state index contributed by atoms with van der Waals surface area (Å²) in [4.78, 5) is 5.20. The van der Waals surface area contributed by atoms with Gasteiger partial charge < -0.3 is 10.6 Å². The van der Waals surface area contributed by atoms with Crippen LogP contribution < -0.4 is 5.73 Å². The lowest BCUT2D eigenvalue weighted by atomic mass is 9.79. The molecule has 0 radical (unpaired) electrons. The third kappa shape index (κ3) is 3.69. The summed E-state index contributed by atoms with van der Waals surface area (Å²) < 4.78 is 0. The van der Waals surface area contributed by atoms with Crippen molar-refractivity contribution in [2.24, 2.45) is 17.6 Å². The van der Waals surface area contributed by atoms with Crippen LogP contribution in [-0.4, -0.2) is 55.6 Å². The summed E-state index contributed by atoms with van der Waals surface area (Å²) in [5.74, 6) is 1.64. The molecule has 1 aliphatic heterocycles. The first kappa shape index (κ1) is 14.3. The van der Waals surface area contributed by atoms with E-state index in [1.165, 1.54) is 58.3 Å². The Hall–Kier alpha value is -0.120. The molecular formula is C15H31N3. The van der Waals surface area contributed by atoms with E-state index >= 15 is 0 Å². The summed E-state index contributed by atoms with van der Waals surface area (Å²) in [6.45, 7) is 8.33. The average molecular weight is 253 g/mol. The SMILES string of the molecule is CC1CN(C)CCCN1CC1CCCCC1CN. The van der Waals surface area contributed by atoms with Crippen LogP contribution in [0.2, 0.25) is 0 Å². The number of nitrogens with two attached hydrogens (primary N) is 1. The van der Waals surface area contributed by atoms with Crippen molar-refractivity contribution in [1.82, 2.24) is 9.80 Å². The molecule has 3 heteroatoms. The smallest absolute Gasteiger partial charge is 0.0194 e. The molecule has 0 amide bonds. The molecule has 1 heterocycles. The molecule has 0 aromatic heterocycles. The minimum absolute atomic E-state index is 0.706. The Morgan fingerprint density at radius 3 is 2.50 bits per heavy atom. The maximum atomic E-state index is 5.96. The van der Waals surface area contributed by atoms with Crippen LogP contribution in [0.25, 0.3) is 0 Å². The summed E-state index contributed by atoms with van der Waals surface area (Å²) in [5, 5.41) is 0. The van der Waals surface area contributed by atoms with Crippen LogP contribution in [0.5, 0.6) is 0 Å². The van der Waals surface area contributed by atoms with Crippen LogP contribution in [0, 0.1) is 11.8 Å². The highest BCUT2D eigenvalue weighted by Gasteiger charge is 2.28. The fourth-order valence-corrected chi connectivity index (χ4v) is 3.83. The molecule has 2 rings (SSSR count). The molecule has 0 aromatic carbocycles. The molecule has 0 bridgehead atoms. The molecule has 1 saturated heterocycles. The van der Waals surface area contributed by atoms with Crippen molar-refractivity contribution >= 4 is 0 Å². The number of rotatable bonds is 3. The van der Waals surface area contributed by atoms with E-state index in [1.807, 2.05) is 0 Å². The summed E-state index contributed by atoms with van der Waals surface area (Å²) >= 11 is 0. The van der Waals surface area contributed by atoms with Gasteiger partial charge in [0.25, 0.3) is 0 Å². The van der Waals surface area contributed by atoms with Crippen molar-refractivity contribution in [3.05, 3.63) is 0 Å². The molecular weight excluding hydrogens is 222 g/mol. The van der Waals surface area contributed by atoms with Crippen LogP contribution in [0.3, 0.4) is 0 Å². The molecule has 1 saturated carbocycles. The Labute approximate surface area is 113 Å². The second kappa shape index (κ2) is 6.88. The summed E-state index contributed by atoms with van der Waals surface area (Å²) in [6, 6.07) is 0.706. The second-order valence-electron chi connectivity index (χ2n) is 6.50. The maximum Gasteiger partial charge on any atom is 0.0194 e. The first-order valence-electron chi connectivity index (χ1n) is 7.83. The van der Waals surface area contributed by atoms with E-state index < -0.39 is 0 Å². The number of nitrogens with zero attached hydrogens (tertiary/aromatic N) is 2. The minimum Gasteiger partial charge on any atom is -0.330 e. The Kier molecular flexibility index (Phi) is 5.46. The van der Waals surface area contributed by atoms with Gasteiger partial charge in [-0.05, 0) is 64.7 Å². The van der Waals surface area contributed by atoms with Gasteiger partial charge >= 0.3 is 0 Å². The zero-order chi connectivity index (χ0) is 13.0. The monoisotopic (exact) mass is 253 g/mol. The molecule has 3 atom stereocenters. The van der Waals surface area contributed by atoms with Gasteiger partial charge in [0, 0.05) is 19.1 Å². The zero-order valence-electron chi connectivity index (χ0n) is 12.3. The fourth-order valence-electron chi connectivity index (χ4n) is 3.83. The molecule has 1 aliphatic carbocycles. The van der Waals surface area contributed by atoms with Gasteiger partial charge in [0.2, 0.25) is 0 Å². The quantitative estimate of drug-likeness (QED) is 0.832. The Morgan fingerprint density at radius 2 is 1.78 bits per heavy atom. The molecule has 3 nitrogen and oxygen atoms in total. The van der Waals surface area contributed by atoms with Crippen LogP contribution in [-0.2, 0) is 0 Å². The van der Waals surface area contributed by atoms with Crippen molar-refractivity contribution in [2.45, 2.75) is 45.1 Å². The lowest BCUT2D eigenvalue weighted by molar-refractivity contribution is 0.124. The third-order valence-corrected chi connectivity index (χ3v) is 5.02. The van der Waals surface area contributed by atoms with Gasteiger partial charge in [-0.1, -0.05) is 12.8 Å². The fraction of sp³-hybridized carbons (Fsp3) is 1.00. The van der Waals surface area contributed by atoms with E-state index in [0.29, 0.717) is 6.04 Å². The first-order valence-corrected chi connectivity index (χ1v) is 7.83. The lowest BCUT2D eigenvalue weighted by Crippen LogP contribution is -2.43. The van der Waals surface area contributed by atoms with Gasteiger partial charge in [-0.25, -0.2) is 0 Å². The van der Waals surface area contributed by atoms with Crippen molar-refractivity contribution in [3.63, 3.8) is 0 Å². The standard InChI is InChI=1S/C15H31N3/c1-13-11-17(2)8-5-9-18(13)12-15-7-4-3-6-14(15)10-16/h13-15H,3-12,16H2,1-2H3. The molecule has 106 valence electrons. The van der Waals surface area contributed by atoms with Crippen LogP contribution in [0.4, 0.5) is 0 Å². The van der Waals surface area contributed by atoms with E-state index in [0.717, 1.165) is 18.4 Å². The van der Waals surface area contributed by atoms with Crippen LogP contribution in [0.1, 0.15) is 39.0 Å². The second-order valence-corrected chi connectivity index (χ2v) is 6.50. The maximum absolute atomic E-state index is 5.96. The van der Waals surface area contributed by atoms with Gasteiger partial charge in [-0.3, -0.25) is 4.90 Å². The van der Waals surface area contributed by atoms with E-state index in [2.05, 4.69) is 23.8 Å².